The molecule has 0 amide bonds. The molecule has 0 aliphatic heterocycles. The quantitative estimate of drug-likeness (QED) is 0.172. The normalized spacial score (nSPS) is 11.6. The number of furan rings is 1. The second-order valence-corrected chi connectivity index (χ2v) is 14.0. The summed E-state index contributed by atoms with van der Waals surface area (Å²) in [6, 6.07) is 67.3. The zero-order valence-corrected chi connectivity index (χ0v) is 30.2. The molecule has 0 aliphatic rings. The molecule has 3 aromatic heterocycles. The van der Waals surface area contributed by atoms with Crippen LogP contribution in [0.25, 0.3) is 106 Å². The van der Waals surface area contributed by atoms with Gasteiger partial charge >= 0.3 is 0 Å². The first-order chi connectivity index (χ1) is 27.7. The average Bonchev–Trinajstić information content (AvgIpc) is 3.81. The lowest BCUT2D eigenvalue weighted by Gasteiger charge is -2.11. The van der Waals surface area contributed by atoms with Gasteiger partial charge in [0, 0.05) is 44.4 Å². The third-order valence-electron chi connectivity index (χ3n) is 10.6. The van der Waals surface area contributed by atoms with Crippen LogP contribution in [0.15, 0.2) is 199 Å². The summed E-state index contributed by atoms with van der Waals surface area (Å²) in [5, 5.41) is 4.43. The van der Waals surface area contributed by atoms with E-state index in [0.29, 0.717) is 17.5 Å². The molecular formula is C51H32N4O. The highest BCUT2D eigenvalue weighted by Crippen LogP contribution is 2.41. The summed E-state index contributed by atoms with van der Waals surface area (Å²) in [5.74, 6) is 1.74. The van der Waals surface area contributed by atoms with Crippen LogP contribution in [-0.4, -0.2) is 19.5 Å². The highest BCUT2D eigenvalue weighted by molar-refractivity contribution is 6.18. The standard InChI is InChI=1S/C51H32N4O/c1-4-15-33(16-5-1)35-19-12-21-37(29-35)49-52-50(38-22-13-20-36(30-38)34-17-6-2-7-18-34)54-51(53-49)42-27-14-26-41-44-31-43-40-25-10-11-28-45(40)55(39-23-8-3-9-24-39)46(43)32-47(44)56-48(41)42/h1-32H. The molecule has 0 unspecified atom stereocenters. The van der Waals surface area contributed by atoms with Crippen LogP contribution in [0.2, 0.25) is 0 Å². The molecule has 11 aromatic rings. The first-order valence-electron chi connectivity index (χ1n) is 18.8. The molecule has 8 aromatic carbocycles. The van der Waals surface area contributed by atoms with Crippen molar-refractivity contribution in [1.29, 1.82) is 0 Å². The number of aromatic nitrogens is 4. The molecule has 5 nitrogen and oxygen atoms in total. The van der Waals surface area contributed by atoms with Crippen LogP contribution in [0.1, 0.15) is 0 Å². The Morgan fingerprint density at radius 1 is 0.339 bits per heavy atom. The minimum absolute atomic E-state index is 0.550. The van der Waals surface area contributed by atoms with Crippen molar-refractivity contribution in [3.8, 4) is 62.1 Å². The topological polar surface area (TPSA) is 56.7 Å². The highest BCUT2D eigenvalue weighted by Gasteiger charge is 2.21. The zero-order chi connectivity index (χ0) is 37.0. The Morgan fingerprint density at radius 3 is 1.52 bits per heavy atom. The predicted molar refractivity (Wildman–Crippen MR) is 229 cm³/mol. The average molecular weight is 717 g/mol. The van der Waals surface area contributed by atoms with Gasteiger partial charge in [-0.1, -0.05) is 146 Å². The van der Waals surface area contributed by atoms with E-state index in [1.165, 1.54) is 10.8 Å². The molecule has 0 N–H and O–H groups in total. The van der Waals surface area contributed by atoms with Gasteiger partial charge in [-0.05, 0) is 64.7 Å². The van der Waals surface area contributed by atoms with E-state index in [-0.39, 0.29) is 0 Å². The largest absolute Gasteiger partial charge is 0.455 e. The van der Waals surface area contributed by atoms with E-state index in [9.17, 15) is 0 Å². The van der Waals surface area contributed by atoms with E-state index in [1.807, 2.05) is 24.3 Å². The molecule has 56 heavy (non-hydrogen) atoms. The summed E-state index contributed by atoms with van der Waals surface area (Å²) >= 11 is 0. The Kier molecular flexibility index (Phi) is 7.42. The molecular weight excluding hydrogens is 685 g/mol. The van der Waals surface area contributed by atoms with Crippen LogP contribution >= 0.6 is 0 Å². The van der Waals surface area contributed by atoms with Gasteiger partial charge in [0.2, 0.25) is 0 Å². The Balaban J connectivity index is 1.13. The fourth-order valence-electron chi connectivity index (χ4n) is 7.98. The highest BCUT2D eigenvalue weighted by atomic mass is 16.3. The molecule has 3 heterocycles. The zero-order valence-electron chi connectivity index (χ0n) is 30.2. The summed E-state index contributed by atoms with van der Waals surface area (Å²) in [5.41, 5.74) is 12.0. The maximum atomic E-state index is 6.86. The Labute approximate surface area is 322 Å². The van der Waals surface area contributed by atoms with Gasteiger partial charge in [0.1, 0.15) is 11.2 Å². The minimum atomic E-state index is 0.550. The van der Waals surface area contributed by atoms with Gasteiger partial charge in [0.05, 0.1) is 16.6 Å². The van der Waals surface area contributed by atoms with Crippen LogP contribution in [0, 0.1) is 0 Å². The van der Waals surface area contributed by atoms with Crippen molar-refractivity contribution in [2.24, 2.45) is 0 Å². The van der Waals surface area contributed by atoms with Gasteiger partial charge < -0.3 is 8.98 Å². The molecule has 0 aliphatic carbocycles. The van der Waals surface area contributed by atoms with Gasteiger partial charge in [0.25, 0.3) is 0 Å². The molecule has 262 valence electrons. The third-order valence-corrected chi connectivity index (χ3v) is 10.6. The van der Waals surface area contributed by atoms with Gasteiger partial charge in [0.15, 0.2) is 17.5 Å². The van der Waals surface area contributed by atoms with Crippen LogP contribution in [0.3, 0.4) is 0 Å². The summed E-state index contributed by atoms with van der Waals surface area (Å²) < 4.78 is 9.18. The Bertz CT molecular complexity index is 3140. The van der Waals surface area contributed by atoms with Crippen molar-refractivity contribution in [2.75, 3.05) is 0 Å². The van der Waals surface area contributed by atoms with Crippen molar-refractivity contribution in [2.45, 2.75) is 0 Å². The van der Waals surface area contributed by atoms with Crippen molar-refractivity contribution >= 4 is 43.7 Å². The smallest absolute Gasteiger partial charge is 0.167 e. The first kappa shape index (κ1) is 31.9. The molecule has 0 fully saturated rings. The predicted octanol–water partition coefficient (Wildman–Crippen LogP) is 13.2. The summed E-state index contributed by atoms with van der Waals surface area (Å²) in [6.45, 7) is 0. The second kappa shape index (κ2) is 13.0. The molecule has 0 saturated heterocycles. The molecule has 11 rings (SSSR count). The van der Waals surface area contributed by atoms with Crippen LogP contribution in [0.4, 0.5) is 0 Å². The monoisotopic (exact) mass is 716 g/mol. The molecule has 0 bridgehead atoms. The molecule has 0 radical (unpaired) electrons. The van der Waals surface area contributed by atoms with E-state index in [0.717, 1.165) is 77.6 Å². The number of rotatable bonds is 6. The molecule has 0 atom stereocenters. The minimum Gasteiger partial charge on any atom is -0.455 e. The van der Waals surface area contributed by atoms with Crippen LogP contribution in [0.5, 0.6) is 0 Å². The van der Waals surface area contributed by atoms with Crippen molar-refractivity contribution in [1.82, 2.24) is 19.5 Å². The number of fused-ring (bicyclic) bond motifs is 6. The van der Waals surface area contributed by atoms with E-state index >= 15 is 0 Å². The first-order valence-corrected chi connectivity index (χ1v) is 18.8. The van der Waals surface area contributed by atoms with E-state index < -0.39 is 0 Å². The molecule has 5 heteroatoms. The fraction of sp³-hybridized carbons (Fsp3) is 0. The van der Waals surface area contributed by atoms with E-state index in [4.69, 9.17) is 19.4 Å². The van der Waals surface area contributed by atoms with Crippen molar-refractivity contribution in [3.63, 3.8) is 0 Å². The number of nitrogens with zero attached hydrogens (tertiary/aromatic N) is 4. The lowest BCUT2D eigenvalue weighted by molar-refractivity contribution is 0.670. The summed E-state index contributed by atoms with van der Waals surface area (Å²) in [6.07, 6.45) is 0. The van der Waals surface area contributed by atoms with Crippen LogP contribution < -0.4 is 0 Å². The third kappa shape index (κ3) is 5.37. The van der Waals surface area contributed by atoms with E-state index in [1.54, 1.807) is 0 Å². The second-order valence-electron chi connectivity index (χ2n) is 14.0. The maximum Gasteiger partial charge on any atom is 0.167 e. The number of hydrogen-bond acceptors (Lipinski definition) is 4. The lowest BCUT2D eigenvalue weighted by atomic mass is 10.0. The van der Waals surface area contributed by atoms with Crippen molar-refractivity contribution in [3.05, 3.63) is 194 Å². The number of hydrogen-bond donors (Lipinski definition) is 0. The maximum absolute atomic E-state index is 6.86. The summed E-state index contributed by atoms with van der Waals surface area (Å²) in [4.78, 5) is 15.5. The molecule has 0 spiro atoms. The Morgan fingerprint density at radius 2 is 0.857 bits per heavy atom. The van der Waals surface area contributed by atoms with Gasteiger partial charge in [-0.2, -0.15) is 0 Å². The number of para-hydroxylation sites is 3. The van der Waals surface area contributed by atoms with Gasteiger partial charge in [-0.3, -0.25) is 0 Å². The molecule has 0 saturated carbocycles. The van der Waals surface area contributed by atoms with E-state index in [2.05, 4.69) is 174 Å². The SMILES string of the molecule is c1ccc(-c2cccc(-c3nc(-c4cccc(-c5ccccc5)c4)nc(-c4cccc5c4oc4cc6c(cc45)c4ccccc4n6-c4ccccc4)n3)c2)cc1. The van der Waals surface area contributed by atoms with Crippen LogP contribution in [-0.2, 0) is 0 Å². The summed E-state index contributed by atoms with van der Waals surface area (Å²) in [7, 11) is 0. The van der Waals surface area contributed by atoms with Gasteiger partial charge in [-0.15, -0.1) is 0 Å². The fourth-order valence-corrected chi connectivity index (χ4v) is 7.98. The van der Waals surface area contributed by atoms with Gasteiger partial charge in [-0.25, -0.2) is 15.0 Å². The van der Waals surface area contributed by atoms with Crippen molar-refractivity contribution < 1.29 is 4.42 Å². The Hall–Kier alpha value is -7.63. The number of benzene rings is 8. The lowest BCUT2D eigenvalue weighted by Crippen LogP contribution is -2.00.